The van der Waals surface area contributed by atoms with Crippen LogP contribution >= 0.6 is 0 Å². The fourth-order valence-electron chi connectivity index (χ4n) is 1.27. The summed E-state index contributed by atoms with van der Waals surface area (Å²) in [6.07, 6.45) is 1.74. The number of nitrogens with zero attached hydrogens (tertiary/aromatic N) is 2. The lowest BCUT2D eigenvalue weighted by Gasteiger charge is -2.19. The number of aliphatic hydroxyl groups is 1. The molecule has 1 saturated carbocycles. The first-order chi connectivity index (χ1) is 7.20. The molecule has 0 saturated heterocycles. The van der Waals surface area contributed by atoms with Crippen molar-refractivity contribution >= 4 is 11.8 Å². The second kappa shape index (κ2) is 5.32. The number of carbonyl (C=O) groups is 2. The van der Waals surface area contributed by atoms with Crippen molar-refractivity contribution in [2.24, 2.45) is 0 Å². The largest absolute Gasteiger partial charge is 0.395 e. The highest BCUT2D eigenvalue weighted by molar-refractivity contribution is 6.35. The summed E-state index contributed by atoms with van der Waals surface area (Å²) in [5.74, 6) is -1.45. The number of hydrogen-bond acceptors (Lipinski definition) is 4. The Morgan fingerprint density at radius 3 is 2.67 bits per heavy atom. The van der Waals surface area contributed by atoms with Crippen LogP contribution in [0.25, 0.3) is 0 Å². The van der Waals surface area contributed by atoms with Crippen LogP contribution in [-0.4, -0.2) is 47.6 Å². The summed E-state index contributed by atoms with van der Waals surface area (Å²) in [6, 6.07) is 1.80. The topological polar surface area (TPSA) is 93.4 Å². The van der Waals surface area contributed by atoms with Crippen LogP contribution in [0.3, 0.4) is 0 Å². The number of aliphatic hydroxyl groups excluding tert-OH is 1. The number of hydrogen-bond donors (Lipinski definition) is 2. The molecule has 6 heteroatoms. The van der Waals surface area contributed by atoms with Crippen LogP contribution in [-0.2, 0) is 9.59 Å². The highest BCUT2D eigenvalue weighted by atomic mass is 16.3. The van der Waals surface area contributed by atoms with Crippen LogP contribution < -0.4 is 5.32 Å². The van der Waals surface area contributed by atoms with E-state index in [0.717, 1.165) is 12.8 Å². The van der Waals surface area contributed by atoms with Gasteiger partial charge in [-0.1, -0.05) is 0 Å². The molecule has 0 aromatic heterocycles. The predicted molar refractivity (Wildman–Crippen MR) is 50.4 cm³/mol. The molecule has 0 aliphatic heterocycles. The van der Waals surface area contributed by atoms with Crippen LogP contribution in [0.2, 0.25) is 0 Å². The summed E-state index contributed by atoms with van der Waals surface area (Å²) in [4.78, 5) is 24.1. The zero-order chi connectivity index (χ0) is 11.3. The molecule has 1 rings (SSSR count). The van der Waals surface area contributed by atoms with E-state index in [2.05, 4.69) is 5.32 Å². The first kappa shape index (κ1) is 11.5. The van der Waals surface area contributed by atoms with E-state index in [-0.39, 0.29) is 25.7 Å². The Balaban J connectivity index is 2.48. The lowest BCUT2D eigenvalue weighted by atomic mass is 10.4. The van der Waals surface area contributed by atoms with Gasteiger partial charge in [-0.25, -0.2) is 0 Å². The Labute approximate surface area is 87.5 Å². The van der Waals surface area contributed by atoms with E-state index in [9.17, 15) is 9.59 Å². The van der Waals surface area contributed by atoms with Gasteiger partial charge in [-0.3, -0.25) is 9.59 Å². The number of carbonyl (C=O) groups excluding carboxylic acids is 2. The summed E-state index contributed by atoms with van der Waals surface area (Å²) in [5.41, 5.74) is 0. The van der Waals surface area contributed by atoms with Crippen molar-refractivity contribution in [1.82, 2.24) is 10.2 Å². The Kier molecular flexibility index (Phi) is 4.06. The molecule has 1 fully saturated rings. The number of rotatable bonds is 4. The van der Waals surface area contributed by atoms with Crippen molar-refractivity contribution in [3.8, 4) is 6.07 Å². The number of nitrogens with one attached hydrogen (secondary N) is 1. The molecule has 0 aromatic carbocycles. The van der Waals surface area contributed by atoms with Crippen LogP contribution in [0.4, 0.5) is 0 Å². The maximum absolute atomic E-state index is 11.5. The Hall–Kier alpha value is -1.61. The molecule has 6 nitrogen and oxygen atoms in total. The summed E-state index contributed by atoms with van der Waals surface area (Å²) in [5, 5.41) is 19.2. The van der Waals surface area contributed by atoms with Gasteiger partial charge in [-0.2, -0.15) is 5.26 Å². The predicted octanol–water partition coefficient (Wildman–Crippen LogP) is -1.39. The van der Waals surface area contributed by atoms with Gasteiger partial charge in [0, 0.05) is 12.6 Å². The van der Waals surface area contributed by atoms with Crippen molar-refractivity contribution in [2.75, 3.05) is 19.7 Å². The maximum atomic E-state index is 11.5. The third kappa shape index (κ3) is 3.22. The van der Waals surface area contributed by atoms with Crippen LogP contribution in [0.5, 0.6) is 0 Å². The molecule has 0 atom stereocenters. The molecular formula is C9H13N3O3. The molecule has 0 bridgehead atoms. The lowest BCUT2D eigenvalue weighted by Crippen LogP contribution is -2.45. The van der Waals surface area contributed by atoms with Gasteiger partial charge >= 0.3 is 11.8 Å². The van der Waals surface area contributed by atoms with Gasteiger partial charge in [0.25, 0.3) is 0 Å². The average molecular weight is 211 g/mol. The monoisotopic (exact) mass is 211 g/mol. The second-order valence-electron chi connectivity index (χ2n) is 3.29. The van der Waals surface area contributed by atoms with Crippen molar-refractivity contribution in [3.63, 3.8) is 0 Å². The first-order valence-electron chi connectivity index (χ1n) is 4.77. The van der Waals surface area contributed by atoms with Crippen molar-refractivity contribution < 1.29 is 14.7 Å². The summed E-state index contributed by atoms with van der Waals surface area (Å²) in [6.45, 7) is -0.167. The van der Waals surface area contributed by atoms with E-state index >= 15 is 0 Å². The number of nitriles is 1. The fourth-order valence-corrected chi connectivity index (χ4v) is 1.27. The average Bonchev–Trinajstić information content (AvgIpc) is 3.05. The molecule has 82 valence electrons. The van der Waals surface area contributed by atoms with E-state index < -0.39 is 11.8 Å². The van der Waals surface area contributed by atoms with Crippen molar-refractivity contribution in [3.05, 3.63) is 0 Å². The smallest absolute Gasteiger partial charge is 0.312 e. The molecule has 0 heterocycles. The summed E-state index contributed by atoms with van der Waals surface area (Å²) < 4.78 is 0. The highest BCUT2D eigenvalue weighted by Crippen LogP contribution is 2.26. The van der Waals surface area contributed by atoms with Gasteiger partial charge in [-0.05, 0) is 12.8 Å². The minimum Gasteiger partial charge on any atom is -0.395 e. The first-order valence-corrected chi connectivity index (χ1v) is 4.77. The molecule has 2 N–H and O–H groups in total. The standard InChI is InChI=1S/C9H13N3O3/c10-3-4-11-8(14)9(15)12(5-6-13)7-1-2-7/h7,13H,1-2,4-6H2,(H,11,14). The minimum atomic E-state index is -0.781. The number of amides is 2. The Morgan fingerprint density at radius 2 is 2.20 bits per heavy atom. The Bertz CT molecular complexity index is 293. The SMILES string of the molecule is N#CCNC(=O)C(=O)N(CCO)C1CC1. The van der Waals surface area contributed by atoms with Gasteiger partial charge in [0.1, 0.15) is 6.54 Å². The molecule has 15 heavy (non-hydrogen) atoms. The van der Waals surface area contributed by atoms with Crippen molar-refractivity contribution in [2.45, 2.75) is 18.9 Å². The van der Waals surface area contributed by atoms with Gasteiger partial charge in [-0.15, -0.1) is 0 Å². The van der Waals surface area contributed by atoms with Gasteiger partial charge in [0.15, 0.2) is 0 Å². The van der Waals surface area contributed by atoms with E-state index in [1.54, 1.807) is 6.07 Å². The van der Waals surface area contributed by atoms with E-state index in [0.29, 0.717) is 0 Å². The van der Waals surface area contributed by atoms with Crippen LogP contribution in [0.1, 0.15) is 12.8 Å². The molecule has 0 radical (unpaired) electrons. The third-order valence-electron chi connectivity index (χ3n) is 2.11. The highest BCUT2D eigenvalue weighted by Gasteiger charge is 2.34. The zero-order valence-corrected chi connectivity index (χ0v) is 8.27. The summed E-state index contributed by atoms with van der Waals surface area (Å²) in [7, 11) is 0. The van der Waals surface area contributed by atoms with E-state index in [4.69, 9.17) is 10.4 Å². The molecule has 0 spiro atoms. The fraction of sp³-hybridized carbons (Fsp3) is 0.667. The molecule has 2 amide bonds. The van der Waals surface area contributed by atoms with Crippen LogP contribution in [0, 0.1) is 11.3 Å². The second-order valence-corrected chi connectivity index (χ2v) is 3.29. The Morgan fingerprint density at radius 1 is 1.53 bits per heavy atom. The van der Waals surface area contributed by atoms with Crippen molar-refractivity contribution in [1.29, 1.82) is 5.26 Å². The lowest BCUT2D eigenvalue weighted by molar-refractivity contribution is -0.146. The third-order valence-corrected chi connectivity index (χ3v) is 2.11. The zero-order valence-electron chi connectivity index (χ0n) is 8.27. The molecule has 1 aliphatic carbocycles. The molecular weight excluding hydrogens is 198 g/mol. The maximum Gasteiger partial charge on any atom is 0.312 e. The van der Waals surface area contributed by atoms with Gasteiger partial charge in [0.05, 0.1) is 12.7 Å². The van der Waals surface area contributed by atoms with E-state index in [1.165, 1.54) is 4.90 Å². The van der Waals surface area contributed by atoms with Gasteiger partial charge in [0.2, 0.25) is 0 Å². The normalized spacial score (nSPS) is 14.1. The van der Waals surface area contributed by atoms with Crippen LogP contribution in [0.15, 0.2) is 0 Å². The van der Waals surface area contributed by atoms with E-state index in [1.807, 2.05) is 0 Å². The summed E-state index contributed by atoms with van der Waals surface area (Å²) >= 11 is 0. The molecule has 0 unspecified atom stereocenters. The molecule has 0 aromatic rings. The minimum absolute atomic E-state index is 0.0810. The quantitative estimate of drug-likeness (QED) is 0.442. The molecule has 1 aliphatic rings. The van der Waals surface area contributed by atoms with Gasteiger partial charge < -0.3 is 15.3 Å².